The van der Waals surface area contributed by atoms with Crippen LogP contribution in [0, 0.1) is 0 Å². The van der Waals surface area contributed by atoms with Crippen LogP contribution in [0.1, 0.15) is 18.4 Å². The van der Waals surface area contributed by atoms with Crippen LogP contribution in [-0.4, -0.2) is 33.9 Å². The Kier molecular flexibility index (Phi) is 2.66. The van der Waals surface area contributed by atoms with Gasteiger partial charge in [0.05, 0.1) is 17.5 Å². The number of nitrogens with zero attached hydrogens (tertiary/aromatic N) is 1. The Balaban J connectivity index is 1.81. The summed E-state index contributed by atoms with van der Waals surface area (Å²) in [6.45, 7) is 1.75. The normalized spacial score (nSPS) is 15.4. The van der Waals surface area contributed by atoms with Crippen molar-refractivity contribution in [1.29, 1.82) is 0 Å². The smallest absolute Gasteiger partial charge is 0.323 e. The first kappa shape index (κ1) is 11.1. The van der Waals surface area contributed by atoms with E-state index in [0.717, 1.165) is 42.5 Å². The third-order valence-electron chi connectivity index (χ3n) is 3.39. The van der Waals surface area contributed by atoms with Crippen molar-refractivity contribution in [2.45, 2.75) is 19.3 Å². The van der Waals surface area contributed by atoms with Crippen molar-refractivity contribution in [3.8, 4) is 0 Å². The molecule has 0 radical (unpaired) electrons. The van der Waals surface area contributed by atoms with Gasteiger partial charge in [-0.05, 0) is 30.5 Å². The fraction of sp³-hybridized carbons (Fsp3) is 0.385. The molecule has 2 N–H and O–H groups in total. The van der Waals surface area contributed by atoms with E-state index in [-0.39, 0.29) is 11.6 Å². The number of H-pyrrole nitrogens is 2. The molecule has 3 rings (SSSR count). The van der Waals surface area contributed by atoms with E-state index in [9.17, 15) is 9.59 Å². The van der Waals surface area contributed by atoms with Gasteiger partial charge in [0.2, 0.25) is 5.91 Å². The van der Waals surface area contributed by atoms with Gasteiger partial charge < -0.3 is 14.9 Å². The highest BCUT2D eigenvalue weighted by atomic mass is 16.2. The van der Waals surface area contributed by atoms with Gasteiger partial charge in [0, 0.05) is 13.1 Å². The molecular formula is C13H15N3O2. The number of nitrogens with one attached hydrogen (secondary N) is 2. The van der Waals surface area contributed by atoms with E-state index in [4.69, 9.17) is 0 Å². The summed E-state index contributed by atoms with van der Waals surface area (Å²) >= 11 is 0. The molecule has 2 aromatic rings. The summed E-state index contributed by atoms with van der Waals surface area (Å²) in [7, 11) is 0. The Morgan fingerprint density at radius 1 is 1.17 bits per heavy atom. The van der Waals surface area contributed by atoms with Crippen molar-refractivity contribution in [3.63, 3.8) is 0 Å². The summed E-state index contributed by atoms with van der Waals surface area (Å²) in [5.74, 6) is 0.171. The maximum absolute atomic E-state index is 12.0. The van der Waals surface area contributed by atoms with Crippen molar-refractivity contribution < 1.29 is 4.79 Å². The molecular weight excluding hydrogens is 230 g/mol. The quantitative estimate of drug-likeness (QED) is 0.829. The number of imidazole rings is 1. The van der Waals surface area contributed by atoms with Gasteiger partial charge in [-0.15, -0.1) is 0 Å². The lowest BCUT2D eigenvalue weighted by Gasteiger charge is -2.14. The Hall–Kier alpha value is -2.04. The Morgan fingerprint density at radius 3 is 2.67 bits per heavy atom. The molecule has 1 aliphatic rings. The molecule has 1 aromatic heterocycles. The fourth-order valence-corrected chi connectivity index (χ4v) is 2.44. The molecule has 0 atom stereocenters. The van der Waals surface area contributed by atoms with E-state index >= 15 is 0 Å². The van der Waals surface area contributed by atoms with Gasteiger partial charge in [-0.25, -0.2) is 4.79 Å². The molecule has 0 unspecified atom stereocenters. The van der Waals surface area contributed by atoms with E-state index < -0.39 is 0 Å². The van der Waals surface area contributed by atoms with Crippen molar-refractivity contribution >= 4 is 16.9 Å². The van der Waals surface area contributed by atoms with Gasteiger partial charge in [-0.1, -0.05) is 6.07 Å². The summed E-state index contributed by atoms with van der Waals surface area (Å²) in [4.78, 5) is 30.4. The molecule has 0 spiro atoms. The standard InChI is InChI=1S/C13H15N3O2/c17-12(16-5-1-2-6-16)8-9-3-4-10-11(7-9)15-13(18)14-10/h3-4,7H,1-2,5-6,8H2,(H2,14,15,18). The second-order valence-electron chi connectivity index (χ2n) is 4.72. The van der Waals surface area contributed by atoms with E-state index in [0.29, 0.717) is 6.42 Å². The van der Waals surface area contributed by atoms with E-state index in [2.05, 4.69) is 9.97 Å². The van der Waals surface area contributed by atoms with Crippen LogP contribution in [0.25, 0.3) is 11.0 Å². The van der Waals surface area contributed by atoms with E-state index in [1.807, 2.05) is 23.1 Å². The van der Waals surface area contributed by atoms with Crippen LogP contribution >= 0.6 is 0 Å². The summed E-state index contributed by atoms with van der Waals surface area (Å²) in [5, 5.41) is 0. The molecule has 1 aliphatic heterocycles. The third kappa shape index (κ3) is 2.03. The first-order valence-electron chi connectivity index (χ1n) is 6.21. The Morgan fingerprint density at radius 2 is 1.89 bits per heavy atom. The second kappa shape index (κ2) is 4.33. The highest BCUT2D eigenvalue weighted by Crippen LogP contribution is 2.14. The largest absolute Gasteiger partial charge is 0.342 e. The molecule has 18 heavy (non-hydrogen) atoms. The number of likely N-dealkylation sites (tertiary alicyclic amines) is 1. The summed E-state index contributed by atoms with van der Waals surface area (Å²) in [6, 6.07) is 5.58. The zero-order valence-corrected chi connectivity index (χ0v) is 10.0. The average Bonchev–Trinajstić information content (AvgIpc) is 2.95. The minimum Gasteiger partial charge on any atom is -0.342 e. The number of fused-ring (bicyclic) bond motifs is 1. The van der Waals surface area contributed by atoms with Crippen LogP contribution < -0.4 is 5.69 Å². The predicted octanol–water partition coefficient (Wildman–Crippen LogP) is 1.02. The second-order valence-corrected chi connectivity index (χ2v) is 4.72. The van der Waals surface area contributed by atoms with Crippen molar-refractivity contribution in [1.82, 2.24) is 14.9 Å². The van der Waals surface area contributed by atoms with Gasteiger partial charge in [-0.3, -0.25) is 4.79 Å². The molecule has 2 heterocycles. The SMILES string of the molecule is O=C(Cc1ccc2[nH]c(=O)[nH]c2c1)N1CCCC1. The molecule has 1 fully saturated rings. The first-order chi connectivity index (χ1) is 8.72. The summed E-state index contributed by atoms with van der Waals surface area (Å²) in [5.41, 5.74) is 2.26. The van der Waals surface area contributed by atoms with Crippen molar-refractivity contribution in [3.05, 3.63) is 34.2 Å². The first-order valence-corrected chi connectivity index (χ1v) is 6.21. The molecule has 94 valence electrons. The maximum atomic E-state index is 12.0. The number of hydrogen-bond acceptors (Lipinski definition) is 2. The fourth-order valence-electron chi connectivity index (χ4n) is 2.44. The van der Waals surface area contributed by atoms with Gasteiger partial charge in [0.1, 0.15) is 0 Å². The van der Waals surface area contributed by atoms with Gasteiger partial charge in [-0.2, -0.15) is 0 Å². The molecule has 1 saturated heterocycles. The Labute approximate surface area is 104 Å². The van der Waals surface area contributed by atoms with Crippen LogP contribution in [0.2, 0.25) is 0 Å². The number of carbonyl (C=O) groups is 1. The van der Waals surface area contributed by atoms with Gasteiger partial charge in [0.25, 0.3) is 0 Å². The van der Waals surface area contributed by atoms with Crippen molar-refractivity contribution in [2.24, 2.45) is 0 Å². The topological polar surface area (TPSA) is 69.0 Å². The van der Waals surface area contributed by atoms with Gasteiger partial charge in [0.15, 0.2) is 0 Å². The summed E-state index contributed by atoms with van der Waals surface area (Å²) in [6.07, 6.45) is 2.62. The highest BCUT2D eigenvalue weighted by Gasteiger charge is 2.18. The molecule has 1 aromatic carbocycles. The number of rotatable bonds is 2. The number of aromatic nitrogens is 2. The lowest BCUT2D eigenvalue weighted by Crippen LogP contribution is -2.29. The lowest BCUT2D eigenvalue weighted by atomic mass is 10.1. The van der Waals surface area contributed by atoms with Crippen LogP contribution in [0.3, 0.4) is 0 Å². The van der Waals surface area contributed by atoms with Crippen LogP contribution in [-0.2, 0) is 11.2 Å². The zero-order valence-electron chi connectivity index (χ0n) is 10.0. The molecule has 1 amide bonds. The highest BCUT2D eigenvalue weighted by molar-refractivity contribution is 5.81. The van der Waals surface area contributed by atoms with Gasteiger partial charge >= 0.3 is 5.69 Å². The number of carbonyl (C=O) groups excluding carboxylic acids is 1. The molecule has 0 saturated carbocycles. The Bertz CT molecular complexity index is 635. The molecule has 5 heteroatoms. The van der Waals surface area contributed by atoms with Crippen LogP contribution in [0.4, 0.5) is 0 Å². The monoisotopic (exact) mass is 245 g/mol. The number of hydrogen-bond donors (Lipinski definition) is 2. The number of benzene rings is 1. The molecule has 5 nitrogen and oxygen atoms in total. The maximum Gasteiger partial charge on any atom is 0.323 e. The van der Waals surface area contributed by atoms with Crippen LogP contribution in [0.15, 0.2) is 23.0 Å². The van der Waals surface area contributed by atoms with Crippen LogP contribution in [0.5, 0.6) is 0 Å². The molecule has 0 bridgehead atoms. The average molecular weight is 245 g/mol. The van der Waals surface area contributed by atoms with E-state index in [1.165, 1.54) is 0 Å². The zero-order chi connectivity index (χ0) is 12.5. The minimum absolute atomic E-state index is 0.171. The number of amides is 1. The minimum atomic E-state index is -0.215. The third-order valence-corrected chi connectivity index (χ3v) is 3.39. The predicted molar refractivity (Wildman–Crippen MR) is 68.4 cm³/mol. The summed E-state index contributed by atoms with van der Waals surface area (Å²) < 4.78 is 0. The lowest BCUT2D eigenvalue weighted by molar-refractivity contribution is -0.129. The number of aromatic amines is 2. The van der Waals surface area contributed by atoms with E-state index in [1.54, 1.807) is 0 Å². The molecule has 0 aliphatic carbocycles. The van der Waals surface area contributed by atoms with Crippen molar-refractivity contribution in [2.75, 3.05) is 13.1 Å².